The van der Waals surface area contributed by atoms with Crippen molar-refractivity contribution in [3.8, 4) is 0 Å². The Bertz CT molecular complexity index is 619. The van der Waals surface area contributed by atoms with Crippen LogP contribution < -0.4 is 5.73 Å². The average Bonchev–Trinajstić information content (AvgIpc) is 3.11. The second-order valence-electron chi connectivity index (χ2n) is 5.95. The Hall–Kier alpha value is -1.99. The molecule has 118 valence electrons. The molecule has 0 amide bonds. The van der Waals surface area contributed by atoms with Crippen molar-refractivity contribution in [2.45, 2.75) is 24.7 Å². The summed E-state index contributed by atoms with van der Waals surface area (Å²) in [7, 11) is 0. The molecule has 0 heterocycles. The molecule has 5 atom stereocenters. The molecule has 2 aliphatic carbocycles. The van der Waals surface area contributed by atoms with E-state index in [9.17, 15) is 19.1 Å². The van der Waals surface area contributed by atoms with Crippen LogP contribution in [0.25, 0.3) is 0 Å². The highest BCUT2D eigenvalue weighted by Gasteiger charge is 2.74. The lowest BCUT2D eigenvalue weighted by Crippen LogP contribution is -2.58. The van der Waals surface area contributed by atoms with E-state index >= 15 is 0 Å². The highest BCUT2D eigenvalue weighted by molar-refractivity contribution is 5.86. The maximum atomic E-state index is 12.8. The number of ether oxygens (including phenoxy) is 1. The first-order valence-electron chi connectivity index (χ1n) is 6.96. The second kappa shape index (κ2) is 5.03. The van der Waals surface area contributed by atoms with Gasteiger partial charge in [-0.3, -0.25) is 9.59 Å². The van der Waals surface area contributed by atoms with Crippen LogP contribution in [0.1, 0.15) is 12.0 Å². The number of carbonyl (C=O) groups is 2. The maximum Gasteiger partial charge on any atom is 0.326 e. The lowest BCUT2D eigenvalue weighted by Gasteiger charge is -2.30. The van der Waals surface area contributed by atoms with Crippen LogP contribution in [0.5, 0.6) is 0 Å². The zero-order valence-corrected chi connectivity index (χ0v) is 11.6. The van der Waals surface area contributed by atoms with Crippen LogP contribution in [0.3, 0.4) is 0 Å². The molecule has 2 saturated carbocycles. The molecular formula is C15H16FNO5. The number of carboxylic acids is 2. The molecule has 1 aromatic carbocycles. The largest absolute Gasteiger partial charge is 0.481 e. The molecule has 0 bridgehead atoms. The molecule has 22 heavy (non-hydrogen) atoms. The summed E-state index contributed by atoms with van der Waals surface area (Å²) in [5.41, 5.74) is 5.01. The standard InChI is InChI=1S/C15H16FNO5/c16-8-3-1-7(2-4-8)6-22-10-5-9-11(13(18)19)12(9)15(10,17)14(20)21/h1-4,9-12H,5-6,17H2,(H,18,19)(H,20,21). The van der Waals surface area contributed by atoms with Gasteiger partial charge in [-0.1, -0.05) is 12.1 Å². The number of aliphatic carboxylic acids is 2. The number of halogens is 1. The van der Waals surface area contributed by atoms with Crippen LogP contribution >= 0.6 is 0 Å². The number of benzene rings is 1. The van der Waals surface area contributed by atoms with Gasteiger partial charge in [-0.2, -0.15) is 0 Å². The van der Waals surface area contributed by atoms with Gasteiger partial charge in [0.2, 0.25) is 0 Å². The molecule has 4 N–H and O–H groups in total. The fraction of sp³-hybridized carbons (Fsp3) is 0.467. The molecule has 2 fully saturated rings. The number of rotatable bonds is 5. The first kappa shape index (κ1) is 14.9. The lowest BCUT2D eigenvalue weighted by molar-refractivity contribution is -0.152. The number of fused-ring (bicyclic) bond motifs is 1. The summed E-state index contributed by atoms with van der Waals surface area (Å²) in [5, 5.41) is 18.5. The highest BCUT2D eigenvalue weighted by atomic mass is 19.1. The summed E-state index contributed by atoms with van der Waals surface area (Å²) in [6.07, 6.45) is -0.438. The Morgan fingerprint density at radius 2 is 1.95 bits per heavy atom. The summed E-state index contributed by atoms with van der Waals surface area (Å²) in [6.45, 7) is 0.106. The highest BCUT2D eigenvalue weighted by Crippen LogP contribution is 2.62. The normalized spacial score (nSPS) is 35.9. The van der Waals surface area contributed by atoms with E-state index in [4.69, 9.17) is 15.6 Å². The maximum absolute atomic E-state index is 12.8. The first-order chi connectivity index (χ1) is 10.4. The van der Waals surface area contributed by atoms with Gasteiger partial charge in [-0.05, 0) is 30.0 Å². The van der Waals surface area contributed by atoms with E-state index in [1.807, 2.05) is 0 Å². The topological polar surface area (TPSA) is 110 Å². The Balaban J connectivity index is 1.71. The SMILES string of the molecule is NC1(C(=O)O)C(OCc2ccc(F)cc2)CC2C(C(=O)O)C21. The van der Waals surface area contributed by atoms with Gasteiger partial charge in [0.25, 0.3) is 0 Å². The van der Waals surface area contributed by atoms with E-state index in [0.29, 0.717) is 12.0 Å². The number of nitrogens with two attached hydrogens (primary N) is 1. The van der Waals surface area contributed by atoms with Crippen molar-refractivity contribution in [2.75, 3.05) is 0 Å². The summed E-state index contributed by atoms with van der Waals surface area (Å²) in [6, 6.07) is 5.67. The number of carboxylic acid groups (broad SMARTS) is 2. The molecule has 2 aliphatic rings. The third kappa shape index (κ3) is 2.17. The third-order valence-corrected chi connectivity index (χ3v) is 4.76. The minimum atomic E-state index is -1.69. The summed E-state index contributed by atoms with van der Waals surface area (Å²) >= 11 is 0. The summed E-state index contributed by atoms with van der Waals surface area (Å²) < 4.78 is 18.5. The van der Waals surface area contributed by atoms with Gasteiger partial charge in [0.05, 0.1) is 18.6 Å². The van der Waals surface area contributed by atoms with Gasteiger partial charge in [0, 0.05) is 5.92 Å². The Morgan fingerprint density at radius 3 is 2.50 bits per heavy atom. The van der Waals surface area contributed by atoms with Crippen molar-refractivity contribution in [1.82, 2.24) is 0 Å². The quantitative estimate of drug-likeness (QED) is 0.743. The molecule has 0 saturated heterocycles. The zero-order chi connectivity index (χ0) is 16.1. The minimum Gasteiger partial charge on any atom is -0.481 e. The fourth-order valence-electron chi connectivity index (χ4n) is 3.58. The average molecular weight is 309 g/mol. The Kier molecular flexibility index (Phi) is 3.41. The smallest absolute Gasteiger partial charge is 0.326 e. The van der Waals surface area contributed by atoms with Crippen molar-refractivity contribution in [1.29, 1.82) is 0 Å². The summed E-state index contributed by atoms with van der Waals surface area (Å²) in [5.74, 6) is -4.17. The monoisotopic (exact) mass is 309 g/mol. The van der Waals surface area contributed by atoms with Gasteiger partial charge in [0.15, 0.2) is 0 Å². The minimum absolute atomic E-state index is 0.106. The first-order valence-corrected chi connectivity index (χ1v) is 6.96. The van der Waals surface area contributed by atoms with Crippen molar-refractivity contribution < 1.29 is 28.9 Å². The molecule has 0 aromatic heterocycles. The van der Waals surface area contributed by atoms with Gasteiger partial charge in [0.1, 0.15) is 11.4 Å². The molecule has 3 rings (SSSR count). The second-order valence-corrected chi connectivity index (χ2v) is 5.95. The van der Waals surface area contributed by atoms with Crippen molar-refractivity contribution >= 4 is 11.9 Å². The van der Waals surface area contributed by atoms with Gasteiger partial charge < -0.3 is 20.7 Å². The predicted octanol–water partition coefficient (Wildman–Crippen LogP) is 0.843. The number of hydrogen-bond donors (Lipinski definition) is 3. The van der Waals surface area contributed by atoms with Crippen LogP contribution in [-0.4, -0.2) is 33.8 Å². The Labute approximate surface area is 125 Å². The molecule has 5 unspecified atom stereocenters. The molecule has 7 heteroatoms. The molecular weight excluding hydrogens is 293 g/mol. The van der Waals surface area contributed by atoms with E-state index in [0.717, 1.165) is 0 Å². The molecule has 6 nitrogen and oxygen atoms in total. The van der Waals surface area contributed by atoms with Gasteiger partial charge >= 0.3 is 11.9 Å². The third-order valence-electron chi connectivity index (χ3n) is 4.76. The van der Waals surface area contributed by atoms with Gasteiger partial charge in [-0.25, -0.2) is 4.39 Å². The van der Waals surface area contributed by atoms with Crippen molar-refractivity contribution in [2.24, 2.45) is 23.5 Å². The van der Waals surface area contributed by atoms with Crippen LogP contribution in [0.4, 0.5) is 4.39 Å². The van der Waals surface area contributed by atoms with E-state index in [2.05, 4.69) is 0 Å². The number of hydrogen-bond acceptors (Lipinski definition) is 4. The predicted molar refractivity (Wildman–Crippen MR) is 72.3 cm³/mol. The van der Waals surface area contributed by atoms with Crippen molar-refractivity contribution in [3.05, 3.63) is 35.6 Å². The van der Waals surface area contributed by atoms with E-state index in [1.54, 1.807) is 12.1 Å². The van der Waals surface area contributed by atoms with Crippen molar-refractivity contribution in [3.63, 3.8) is 0 Å². The summed E-state index contributed by atoms with van der Waals surface area (Å²) in [4.78, 5) is 22.6. The molecule has 0 aliphatic heterocycles. The van der Waals surface area contributed by atoms with Crippen LogP contribution in [0, 0.1) is 23.6 Å². The van der Waals surface area contributed by atoms with Gasteiger partial charge in [-0.15, -0.1) is 0 Å². The molecule has 0 radical (unpaired) electrons. The molecule has 0 spiro atoms. The molecule has 1 aromatic rings. The lowest BCUT2D eigenvalue weighted by atomic mass is 9.89. The van der Waals surface area contributed by atoms with E-state index < -0.39 is 35.4 Å². The Morgan fingerprint density at radius 1 is 1.32 bits per heavy atom. The van der Waals surface area contributed by atoms with Crippen LogP contribution in [-0.2, 0) is 20.9 Å². The van der Waals surface area contributed by atoms with Crippen LogP contribution in [0.15, 0.2) is 24.3 Å². The van der Waals surface area contributed by atoms with Crippen LogP contribution in [0.2, 0.25) is 0 Å². The van der Waals surface area contributed by atoms with E-state index in [1.165, 1.54) is 12.1 Å². The zero-order valence-electron chi connectivity index (χ0n) is 11.6. The van der Waals surface area contributed by atoms with E-state index in [-0.39, 0.29) is 18.3 Å². The fourth-order valence-corrected chi connectivity index (χ4v) is 3.58.